The molecular formula is C14H21ClN2O2. The maximum atomic E-state index is 6.36. The SMILES string of the molecule is COC1CN(c2ccc([C@@H](C)N)cc2Cl)CC1OC. The molecule has 0 radical (unpaired) electrons. The van der Waals surface area contributed by atoms with Gasteiger partial charge in [-0.3, -0.25) is 0 Å². The van der Waals surface area contributed by atoms with Gasteiger partial charge in [0.2, 0.25) is 0 Å². The molecule has 0 aliphatic carbocycles. The average Bonchev–Trinajstić information content (AvgIpc) is 2.81. The number of nitrogens with zero attached hydrogens (tertiary/aromatic N) is 1. The van der Waals surface area contributed by atoms with E-state index in [4.69, 9.17) is 26.8 Å². The van der Waals surface area contributed by atoms with E-state index in [2.05, 4.69) is 4.90 Å². The second-order valence-electron chi connectivity index (χ2n) is 4.95. The molecule has 0 bridgehead atoms. The highest BCUT2D eigenvalue weighted by Crippen LogP contribution is 2.32. The van der Waals surface area contributed by atoms with Gasteiger partial charge in [-0.1, -0.05) is 17.7 Å². The molecule has 0 saturated carbocycles. The molecule has 1 heterocycles. The van der Waals surface area contributed by atoms with Crippen molar-refractivity contribution < 1.29 is 9.47 Å². The van der Waals surface area contributed by atoms with Gasteiger partial charge in [-0.15, -0.1) is 0 Å². The summed E-state index contributed by atoms with van der Waals surface area (Å²) in [5, 5.41) is 0.724. The number of ether oxygens (including phenoxy) is 2. The van der Waals surface area contributed by atoms with Crippen molar-refractivity contribution in [1.82, 2.24) is 0 Å². The Labute approximate surface area is 119 Å². The average molecular weight is 285 g/mol. The van der Waals surface area contributed by atoms with Crippen molar-refractivity contribution in [3.05, 3.63) is 28.8 Å². The molecule has 2 rings (SSSR count). The first-order chi connectivity index (χ1) is 9.06. The van der Waals surface area contributed by atoms with Gasteiger partial charge in [-0.25, -0.2) is 0 Å². The zero-order chi connectivity index (χ0) is 14.0. The molecule has 3 atom stereocenters. The van der Waals surface area contributed by atoms with Gasteiger partial charge in [0.05, 0.1) is 10.7 Å². The summed E-state index contributed by atoms with van der Waals surface area (Å²) in [5.41, 5.74) is 7.91. The molecule has 1 saturated heterocycles. The number of rotatable bonds is 4. The van der Waals surface area contributed by atoms with Crippen LogP contribution in [0.25, 0.3) is 0 Å². The van der Waals surface area contributed by atoms with Crippen molar-refractivity contribution in [3.63, 3.8) is 0 Å². The smallest absolute Gasteiger partial charge is 0.102 e. The van der Waals surface area contributed by atoms with Crippen molar-refractivity contribution in [3.8, 4) is 0 Å². The summed E-state index contributed by atoms with van der Waals surface area (Å²) in [6.07, 6.45) is 0.156. The molecule has 1 aliphatic rings. The molecule has 2 unspecified atom stereocenters. The topological polar surface area (TPSA) is 47.7 Å². The van der Waals surface area contributed by atoms with Crippen molar-refractivity contribution in [2.75, 3.05) is 32.2 Å². The molecule has 2 N–H and O–H groups in total. The Morgan fingerprint density at radius 1 is 1.26 bits per heavy atom. The summed E-state index contributed by atoms with van der Waals surface area (Å²) in [5.74, 6) is 0. The molecule has 0 amide bonds. The third kappa shape index (κ3) is 3.03. The van der Waals surface area contributed by atoms with Crippen LogP contribution in [0.4, 0.5) is 5.69 Å². The van der Waals surface area contributed by atoms with Crippen LogP contribution in [0.1, 0.15) is 18.5 Å². The highest BCUT2D eigenvalue weighted by molar-refractivity contribution is 6.33. The summed E-state index contributed by atoms with van der Waals surface area (Å²) in [4.78, 5) is 2.19. The fourth-order valence-corrected chi connectivity index (χ4v) is 2.76. The molecule has 4 nitrogen and oxygen atoms in total. The largest absolute Gasteiger partial charge is 0.377 e. The van der Waals surface area contributed by atoms with Gasteiger partial charge < -0.3 is 20.1 Å². The maximum absolute atomic E-state index is 6.36. The summed E-state index contributed by atoms with van der Waals surface area (Å²) < 4.78 is 10.9. The predicted octanol–water partition coefficient (Wildman–Crippen LogP) is 2.21. The lowest BCUT2D eigenvalue weighted by molar-refractivity contribution is -0.00461. The second-order valence-corrected chi connectivity index (χ2v) is 5.36. The highest BCUT2D eigenvalue weighted by Gasteiger charge is 2.33. The van der Waals surface area contributed by atoms with Crippen molar-refractivity contribution in [2.45, 2.75) is 25.2 Å². The fourth-order valence-electron chi connectivity index (χ4n) is 2.46. The molecule has 5 heteroatoms. The van der Waals surface area contributed by atoms with Crippen LogP contribution in [0, 0.1) is 0 Å². The van der Waals surface area contributed by atoms with Crippen LogP contribution in [0.2, 0.25) is 5.02 Å². The number of halogens is 1. The van der Waals surface area contributed by atoms with Crippen LogP contribution in [0.15, 0.2) is 18.2 Å². The summed E-state index contributed by atoms with van der Waals surface area (Å²) in [6.45, 7) is 3.52. The second kappa shape index (κ2) is 6.09. The van der Waals surface area contributed by atoms with Gasteiger partial charge in [0.25, 0.3) is 0 Å². The lowest BCUT2D eigenvalue weighted by Gasteiger charge is -2.20. The van der Waals surface area contributed by atoms with Crippen molar-refractivity contribution in [2.24, 2.45) is 5.73 Å². The molecule has 1 fully saturated rings. The maximum Gasteiger partial charge on any atom is 0.102 e. The Morgan fingerprint density at radius 3 is 2.26 bits per heavy atom. The van der Waals surface area contributed by atoms with E-state index in [1.165, 1.54) is 0 Å². The number of anilines is 1. The minimum absolute atomic E-state index is 0.0106. The van der Waals surface area contributed by atoms with E-state index in [-0.39, 0.29) is 18.2 Å². The van der Waals surface area contributed by atoms with Gasteiger partial charge in [0.1, 0.15) is 12.2 Å². The molecular weight excluding hydrogens is 264 g/mol. The summed E-state index contributed by atoms with van der Waals surface area (Å²) in [6, 6.07) is 5.96. The van der Waals surface area contributed by atoms with Crippen LogP contribution >= 0.6 is 11.6 Å². The first-order valence-electron chi connectivity index (χ1n) is 6.42. The van der Waals surface area contributed by atoms with Gasteiger partial charge in [0.15, 0.2) is 0 Å². The number of benzene rings is 1. The molecule has 0 spiro atoms. The lowest BCUT2D eigenvalue weighted by Crippen LogP contribution is -2.27. The van der Waals surface area contributed by atoms with Gasteiger partial charge in [-0.05, 0) is 24.6 Å². The molecule has 19 heavy (non-hydrogen) atoms. The quantitative estimate of drug-likeness (QED) is 0.921. The zero-order valence-electron chi connectivity index (χ0n) is 11.6. The molecule has 1 aromatic rings. The third-order valence-electron chi connectivity index (χ3n) is 3.66. The van der Waals surface area contributed by atoms with Gasteiger partial charge in [-0.2, -0.15) is 0 Å². The summed E-state index contributed by atoms with van der Waals surface area (Å²) in [7, 11) is 3.42. The number of nitrogens with two attached hydrogens (primary N) is 1. The van der Waals surface area contributed by atoms with Crippen molar-refractivity contribution >= 4 is 17.3 Å². The lowest BCUT2D eigenvalue weighted by atomic mass is 10.1. The molecule has 106 valence electrons. The minimum Gasteiger partial charge on any atom is -0.377 e. The Kier molecular flexibility index (Phi) is 4.68. The fraction of sp³-hybridized carbons (Fsp3) is 0.571. The van der Waals surface area contributed by atoms with E-state index in [0.29, 0.717) is 0 Å². The van der Waals surface area contributed by atoms with E-state index in [1.54, 1.807) is 14.2 Å². The van der Waals surface area contributed by atoms with E-state index >= 15 is 0 Å². The first kappa shape index (κ1) is 14.6. The van der Waals surface area contributed by atoms with E-state index in [1.807, 2.05) is 25.1 Å². The van der Waals surface area contributed by atoms with Gasteiger partial charge >= 0.3 is 0 Å². The normalized spacial score (nSPS) is 24.8. The number of hydrogen-bond acceptors (Lipinski definition) is 4. The van der Waals surface area contributed by atoms with Crippen LogP contribution in [0.3, 0.4) is 0 Å². The Hall–Kier alpha value is -0.810. The standard InChI is InChI=1S/C14H21ClN2O2/c1-9(16)10-4-5-12(11(15)6-10)17-7-13(18-2)14(8-17)19-3/h4-6,9,13-14H,7-8,16H2,1-3H3/t9-,13?,14?/m1/s1. The van der Waals surface area contributed by atoms with Crippen LogP contribution in [0.5, 0.6) is 0 Å². The molecule has 1 aromatic carbocycles. The van der Waals surface area contributed by atoms with Crippen molar-refractivity contribution in [1.29, 1.82) is 0 Å². The predicted molar refractivity (Wildman–Crippen MR) is 77.9 cm³/mol. The highest BCUT2D eigenvalue weighted by atomic mass is 35.5. The first-order valence-corrected chi connectivity index (χ1v) is 6.80. The van der Waals surface area contributed by atoms with Crippen LogP contribution in [-0.4, -0.2) is 39.5 Å². The molecule has 1 aliphatic heterocycles. The van der Waals surface area contributed by atoms with E-state index < -0.39 is 0 Å². The van der Waals surface area contributed by atoms with Crippen LogP contribution in [-0.2, 0) is 9.47 Å². The third-order valence-corrected chi connectivity index (χ3v) is 3.96. The summed E-state index contributed by atoms with van der Waals surface area (Å²) >= 11 is 6.36. The van der Waals surface area contributed by atoms with Gasteiger partial charge in [0, 0.05) is 33.4 Å². The molecule has 0 aromatic heterocycles. The Bertz CT molecular complexity index is 427. The number of hydrogen-bond donors (Lipinski definition) is 1. The Morgan fingerprint density at radius 2 is 1.84 bits per heavy atom. The zero-order valence-corrected chi connectivity index (χ0v) is 12.4. The van der Waals surface area contributed by atoms with E-state index in [9.17, 15) is 0 Å². The monoisotopic (exact) mass is 284 g/mol. The van der Waals surface area contributed by atoms with E-state index in [0.717, 1.165) is 29.4 Å². The van der Waals surface area contributed by atoms with Crippen LogP contribution < -0.4 is 10.6 Å². The Balaban J connectivity index is 2.19. The minimum atomic E-state index is -0.0106. The number of methoxy groups -OCH3 is 2.